The molecule has 1 heterocycles. The van der Waals surface area contributed by atoms with Gasteiger partial charge in [-0.3, -0.25) is 5.84 Å². The van der Waals surface area contributed by atoms with Crippen molar-refractivity contribution in [2.75, 3.05) is 12.8 Å². The van der Waals surface area contributed by atoms with Gasteiger partial charge in [0.15, 0.2) is 0 Å². The summed E-state index contributed by atoms with van der Waals surface area (Å²) in [7, 11) is 1.89. The molecule has 17 heavy (non-hydrogen) atoms. The predicted molar refractivity (Wildman–Crippen MR) is 72.4 cm³/mol. The molecule has 4 nitrogen and oxygen atoms in total. The van der Waals surface area contributed by atoms with Gasteiger partial charge in [-0.05, 0) is 44.0 Å². The van der Waals surface area contributed by atoms with Crippen LogP contribution in [0.2, 0.25) is 0 Å². The van der Waals surface area contributed by atoms with Crippen molar-refractivity contribution in [1.82, 2.24) is 9.99 Å². The van der Waals surface area contributed by atoms with E-state index < -0.39 is 0 Å². The molecule has 5 N–H and O–H groups in total. The fourth-order valence-corrected chi connectivity index (χ4v) is 1.93. The zero-order valence-electron chi connectivity index (χ0n) is 10.6. The first-order chi connectivity index (χ1) is 7.90. The number of benzene rings is 1. The molecule has 0 aliphatic carbocycles. The number of likely N-dealkylation sites (N-methyl/N-ethyl adjacent to an activating group) is 1. The molecule has 0 unspecified atom stereocenters. The van der Waals surface area contributed by atoms with Crippen molar-refractivity contribution in [2.45, 2.75) is 25.8 Å². The maximum atomic E-state index is 5.86. The van der Waals surface area contributed by atoms with Crippen molar-refractivity contribution in [2.24, 2.45) is 5.84 Å². The van der Waals surface area contributed by atoms with E-state index in [0.29, 0.717) is 0 Å². The van der Waals surface area contributed by atoms with Crippen molar-refractivity contribution >= 4 is 16.6 Å². The van der Waals surface area contributed by atoms with Gasteiger partial charge in [-0.15, -0.1) is 0 Å². The molecule has 4 heteroatoms. The van der Waals surface area contributed by atoms with Crippen LogP contribution in [-0.2, 0) is 6.42 Å². The van der Waals surface area contributed by atoms with Crippen LogP contribution in [0, 0.1) is 0 Å². The van der Waals surface area contributed by atoms with Gasteiger partial charge < -0.3 is 10.7 Å². The Kier molecular flexibility index (Phi) is 2.85. The molecular formula is C13H20N4. The molecule has 0 fully saturated rings. The second-order valence-electron chi connectivity index (χ2n) is 5.22. The highest BCUT2D eigenvalue weighted by molar-refractivity contribution is 5.86. The van der Waals surface area contributed by atoms with Crippen LogP contribution in [0.25, 0.3) is 10.9 Å². The third kappa shape index (κ3) is 2.28. The molecule has 2 aromatic rings. The molecule has 0 saturated heterocycles. The Balaban J connectivity index is 2.40. The minimum Gasteiger partial charge on any atom is -0.399 e. The Bertz CT molecular complexity index is 525. The summed E-state index contributed by atoms with van der Waals surface area (Å²) in [6.07, 6.45) is 2.92. The van der Waals surface area contributed by atoms with Gasteiger partial charge in [0.2, 0.25) is 0 Å². The summed E-state index contributed by atoms with van der Waals surface area (Å²) in [4.78, 5) is 3.26. The van der Waals surface area contributed by atoms with E-state index in [4.69, 9.17) is 11.6 Å². The number of anilines is 1. The number of aromatic nitrogens is 1. The second-order valence-corrected chi connectivity index (χ2v) is 5.22. The van der Waals surface area contributed by atoms with Crippen molar-refractivity contribution < 1.29 is 0 Å². The van der Waals surface area contributed by atoms with Crippen LogP contribution in [-0.4, -0.2) is 22.6 Å². The van der Waals surface area contributed by atoms with Crippen LogP contribution in [0.1, 0.15) is 19.4 Å². The Morgan fingerprint density at radius 1 is 1.35 bits per heavy atom. The van der Waals surface area contributed by atoms with Crippen LogP contribution in [0.3, 0.4) is 0 Å². The summed E-state index contributed by atoms with van der Waals surface area (Å²) >= 11 is 0. The first-order valence-corrected chi connectivity index (χ1v) is 5.74. The summed E-state index contributed by atoms with van der Waals surface area (Å²) in [6, 6.07) is 5.92. The quantitative estimate of drug-likeness (QED) is 0.430. The molecule has 0 amide bonds. The van der Waals surface area contributed by atoms with Crippen LogP contribution >= 0.6 is 0 Å². The van der Waals surface area contributed by atoms with Crippen LogP contribution < -0.4 is 11.6 Å². The standard InChI is InChI=1S/C13H20N4/c1-13(2,17(3)15)7-9-8-16-12-5-4-10(14)6-11(9)12/h4-6,8,16H,7,14-15H2,1-3H3. The molecule has 92 valence electrons. The highest BCUT2D eigenvalue weighted by Gasteiger charge is 2.23. The smallest absolute Gasteiger partial charge is 0.0458 e. The zero-order chi connectivity index (χ0) is 12.6. The fourth-order valence-electron chi connectivity index (χ4n) is 1.93. The van der Waals surface area contributed by atoms with Crippen LogP contribution in [0.4, 0.5) is 5.69 Å². The number of nitrogens with zero attached hydrogens (tertiary/aromatic N) is 1. The number of fused-ring (bicyclic) bond motifs is 1. The molecule has 0 aliphatic rings. The SMILES string of the molecule is CN(N)C(C)(C)Cc1c[nH]c2ccc(N)cc12. The number of nitrogens with one attached hydrogen (secondary N) is 1. The zero-order valence-corrected chi connectivity index (χ0v) is 10.6. The third-order valence-electron chi connectivity index (χ3n) is 3.37. The van der Waals surface area contributed by atoms with Crippen LogP contribution in [0.15, 0.2) is 24.4 Å². The van der Waals surface area contributed by atoms with Gasteiger partial charge in [0.05, 0.1) is 0 Å². The fraction of sp³-hybridized carbons (Fsp3) is 0.385. The lowest BCUT2D eigenvalue weighted by Gasteiger charge is -2.31. The Hall–Kier alpha value is -1.52. The molecule has 1 aromatic heterocycles. The van der Waals surface area contributed by atoms with Crippen molar-refractivity contribution in [3.05, 3.63) is 30.0 Å². The largest absolute Gasteiger partial charge is 0.399 e. The molecule has 0 bridgehead atoms. The molecule has 1 aromatic carbocycles. The first kappa shape index (κ1) is 12.0. The lowest BCUT2D eigenvalue weighted by Crippen LogP contribution is -2.47. The topological polar surface area (TPSA) is 71.1 Å². The lowest BCUT2D eigenvalue weighted by molar-refractivity contribution is 0.159. The number of hydrazine groups is 1. The minimum atomic E-state index is -0.0836. The summed E-state index contributed by atoms with van der Waals surface area (Å²) in [5.41, 5.74) is 8.89. The Labute approximate surface area is 102 Å². The molecule has 2 rings (SSSR count). The highest BCUT2D eigenvalue weighted by Crippen LogP contribution is 2.25. The van der Waals surface area contributed by atoms with E-state index in [1.165, 1.54) is 10.9 Å². The normalized spacial score (nSPS) is 12.5. The highest BCUT2D eigenvalue weighted by atomic mass is 15.4. The maximum Gasteiger partial charge on any atom is 0.0458 e. The van der Waals surface area contributed by atoms with Gasteiger partial charge in [-0.25, -0.2) is 5.01 Å². The molecule has 0 radical (unpaired) electrons. The molecular weight excluding hydrogens is 212 g/mol. The predicted octanol–water partition coefficient (Wildman–Crippen LogP) is 1.88. The lowest BCUT2D eigenvalue weighted by atomic mass is 9.94. The average Bonchev–Trinajstić information content (AvgIpc) is 2.60. The summed E-state index contributed by atoms with van der Waals surface area (Å²) in [6.45, 7) is 4.25. The van der Waals surface area contributed by atoms with Crippen molar-refractivity contribution in [3.63, 3.8) is 0 Å². The summed E-state index contributed by atoms with van der Waals surface area (Å²) in [5, 5.41) is 2.93. The van der Waals surface area contributed by atoms with Gasteiger partial charge in [-0.2, -0.15) is 0 Å². The molecule has 0 aliphatic heterocycles. The average molecular weight is 232 g/mol. The van der Waals surface area contributed by atoms with Crippen molar-refractivity contribution in [1.29, 1.82) is 0 Å². The number of hydrogen-bond donors (Lipinski definition) is 3. The van der Waals surface area contributed by atoms with Gasteiger partial charge in [0.25, 0.3) is 0 Å². The number of aromatic amines is 1. The van der Waals surface area contributed by atoms with E-state index >= 15 is 0 Å². The number of hydrogen-bond acceptors (Lipinski definition) is 3. The summed E-state index contributed by atoms with van der Waals surface area (Å²) in [5.74, 6) is 5.86. The van der Waals surface area contributed by atoms with Crippen LogP contribution in [0.5, 0.6) is 0 Å². The number of H-pyrrole nitrogens is 1. The van der Waals surface area contributed by atoms with E-state index in [2.05, 4.69) is 18.8 Å². The van der Waals surface area contributed by atoms with Gasteiger partial charge in [0, 0.05) is 35.4 Å². The van der Waals surface area contributed by atoms with E-state index in [0.717, 1.165) is 17.6 Å². The van der Waals surface area contributed by atoms with Crippen molar-refractivity contribution in [3.8, 4) is 0 Å². The van der Waals surface area contributed by atoms with E-state index in [1.807, 2.05) is 31.4 Å². The van der Waals surface area contributed by atoms with Gasteiger partial charge in [0.1, 0.15) is 0 Å². The Morgan fingerprint density at radius 2 is 2.06 bits per heavy atom. The first-order valence-electron chi connectivity index (χ1n) is 5.74. The third-order valence-corrected chi connectivity index (χ3v) is 3.37. The Morgan fingerprint density at radius 3 is 2.71 bits per heavy atom. The van der Waals surface area contributed by atoms with E-state index in [-0.39, 0.29) is 5.54 Å². The molecule has 0 saturated carbocycles. The molecule has 0 spiro atoms. The van der Waals surface area contributed by atoms with Gasteiger partial charge >= 0.3 is 0 Å². The minimum absolute atomic E-state index is 0.0836. The van der Waals surface area contributed by atoms with E-state index in [1.54, 1.807) is 5.01 Å². The second kappa shape index (κ2) is 4.05. The monoisotopic (exact) mass is 232 g/mol. The maximum absolute atomic E-state index is 5.86. The number of nitrogens with two attached hydrogens (primary N) is 2. The number of nitrogen functional groups attached to an aromatic ring is 1. The van der Waals surface area contributed by atoms with E-state index in [9.17, 15) is 0 Å². The number of rotatable bonds is 3. The molecule has 0 atom stereocenters. The summed E-state index contributed by atoms with van der Waals surface area (Å²) < 4.78 is 0. The van der Waals surface area contributed by atoms with Gasteiger partial charge in [-0.1, -0.05) is 0 Å².